The van der Waals surface area contributed by atoms with Crippen molar-refractivity contribution in [1.82, 2.24) is 0 Å². The van der Waals surface area contributed by atoms with E-state index < -0.39 is 6.10 Å². The molecule has 79 heavy (non-hydrogen) atoms. The first-order chi connectivity index (χ1) is 39.0. The van der Waals surface area contributed by atoms with E-state index in [9.17, 15) is 14.4 Å². The number of allylic oxidation sites excluding steroid dienone is 12. The zero-order valence-electron chi connectivity index (χ0n) is 52.6. The van der Waals surface area contributed by atoms with Gasteiger partial charge in [-0.25, -0.2) is 0 Å². The van der Waals surface area contributed by atoms with Gasteiger partial charge in [0, 0.05) is 19.3 Å². The Hall–Kier alpha value is -3.15. The molecule has 0 bridgehead atoms. The SMILES string of the molecule is CC/C=C\C/C=C\C/C=C\C/C=C\C/C=C\CCCCCCCCCCCCCC(=O)OCC(COC(=O)CCCCCCCCCCCCCCCCCCC)OC(=O)CCCCCCCCC/C=C\CCCCCCCC. The highest BCUT2D eigenvalue weighted by Crippen LogP contribution is 2.17. The Morgan fingerprint density at radius 1 is 0.266 bits per heavy atom. The molecule has 0 fully saturated rings. The number of esters is 3. The van der Waals surface area contributed by atoms with Crippen LogP contribution >= 0.6 is 0 Å². The summed E-state index contributed by atoms with van der Waals surface area (Å²) in [7, 11) is 0. The number of carbonyl (C=O) groups is 3. The van der Waals surface area contributed by atoms with Crippen LogP contribution in [0.15, 0.2) is 72.9 Å². The van der Waals surface area contributed by atoms with Crippen molar-refractivity contribution >= 4 is 17.9 Å². The van der Waals surface area contributed by atoms with Gasteiger partial charge >= 0.3 is 17.9 Å². The van der Waals surface area contributed by atoms with Gasteiger partial charge in [0.05, 0.1) is 0 Å². The standard InChI is InChI=1S/C73H130O6/c1-4-7-10-13-16-19-22-25-28-31-32-33-34-35-36-37-38-39-40-43-45-48-51-54-57-60-63-66-72(75)78-69-70(79-73(76)67-64-61-58-55-52-49-46-42-30-27-24-21-18-15-12-9-6-3)68-77-71(74)65-62-59-56-53-50-47-44-41-29-26-23-20-17-14-11-8-5-2/h7,10,16,19,25,27-28,30,32-33,35-36,70H,4-6,8-9,11-15,17-18,20-24,26,29,31,34,37-69H2,1-3H3/b10-7-,19-16-,28-25-,30-27-,33-32-,36-35-. The summed E-state index contributed by atoms with van der Waals surface area (Å²) in [5.41, 5.74) is 0. The molecule has 0 radical (unpaired) electrons. The Morgan fingerprint density at radius 3 is 0.785 bits per heavy atom. The van der Waals surface area contributed by atoms with Crippen molar-refractivity contribution in [2.45, 2.75) is 361 Å². The molecule has 0 heterocycles. The molecule has 1 atom stereocenters. The third kappa shape index (κ3) is 65.5. The van der Waals surface area contributed by atoms with Crippen LogP contribution in [-0.2, 0) is 28.6 Å². The van der Waals surface area contributed by atoms with Gasteiger partial charge in [-0.2, -0.15) is 0 Å². The van der Waals surface area contributed by atoms with E-state index in [1.807, 2.05) is 0 Å². The lowest BCUT2D eigenvalue weighted by molar-refractivity contribution is -0.167. The third-order valence-corrected chi connectivity index (χ3v) is 15.2. The zero-order chi connectivity index (χ0) is 57.1. The zero-order valence-corrected chi connectivity index (χ0v) is 52.6. The Bertz CT molecular complexity index is 1450. The van der Waals surface area contributed by atoms with Crippen molar-refractivity contribution in [2.75, 3.05) is 13.2 Å². The number of hydrogen-bond acceptors (Lipinski definition) is 6. The number of unbranched alkanes of at least 4 members (excludes halogenated alkanes) is 40. The average Bonchev–Trinajstić information content (AvgIpc) is 3.45. The molecule has 6 heteroatoms. The fourth-order valence-electron chi connectivity index (χ4n) is 10.1. The largest absolute Gasteiger partial charge is 0.462 e. The molecule has 0 spiro atoms. The highest BCUT2D eigenvalue weighted by molar-refractivity contribution is 5.71. The van der Waals surface area contributed by atoms with E-state index in [1.165, 1.54) is 225 Å². The monoisotopic (exact) mass is 1100 g/mol. The quantitative estimate of drug-likeness (QED) is 0.0261. The molecule has 1 unspecified atom stereocenters. The number of rotatable bonds is 63. The number of hydrogen-bond donors (Lipinski definition) is 0. The Labute approximate surface area is 491 Å². The van der Waals surface area contributed by atoms with Crippen LogP contribution in [0, 0.1) is 0 Å². The lowest BCUT2D eigenvalue weighted by Crippen LogP contribution is -2.30. The second kappa shape index (κ2) is 67.4. The van der Waals surface area contributed by atoms with Gasteiger partial charge in [0.25, 0.3) is 0 Å². The molecular formula is C73H130O6. The summed E-state index contributed by atoms with van der Waals surface area (Å²) < 4.78 is 17.0. The van der Waals surface area contributed by atoms with Gasteiger partial charge in [-0.05, 0) is 89.9 Å². The third-order valence-electron chi connectivity index (χ3n) is 15.2. The summed E-state index contributed by atoms with van der Waals surface area (Å²) in [6, 6.07) is 0. The lowest BCUT2D eigenvalue weighted by Gasteiger charge is -2.18. The van der Waals surface area contributed by atoms with Crippen LogP contribution in [0.5, 0.6) is 0 Å². The van der Waals surface area contributed by atoms with Crippen LogP contribution in [0.1, 0.15) is 355 Å². The molecule has 0 aliphatic rings. The Balaban J connectivity index is 4.30. The van der Waals surface area contributed by atoms with Gasteiger partial charge in [0.2, 0.25) is 0 Å². The molecule has 0 saturated heterocycles. The predicted octanol–water partition coefficient (Wildman–Crippen LogP) is 23.7. The number of ether oxygens (including phenoxy) is 3. The minimum absolute atomic E-state index is 0.0733. The topological polar surface area (TPSA) is 78.9 Å². The van der Waals surface area contributed by atoms with E-state index in [2.05, 4.69) is 93.7 Å². The summed E-state index contributed by atoms with van der Waals surface area (Å²) in [6.45, 7) is 6.57. The first kappa shape index (κ1) is 75.8. The molecule has 0 rings (SSSR count). The van der Waals surface area contributed by atoms with Crippen molar-refractivity contribution in [2.24, 2.45) is 0 Å². The van der Waals surface area contributed by atoms with Crippen molar-refractivity contribution in [3.05, 3.63) is 72.9 Å². The fraction of sp³-hybridized carbons (Fsp3) is 0.795. The van der Waals surface area contributed by atoms with Crippen molar-refractivity contribution < 1.29 is 28.6 Å². The van der Waals surface area contributed by atoms with E-state index >= 15 is 0 Å². The van der Waals surface area contributed by atoms with Crippen molar-refractivity contribution in [3.63, 3.8) is 0 Å². The van der Waals surface area contributed by atoms with Crippen molar-refractivity contribution in [3.8, 4) is 0 Å². The molecular weight excluding hydrogens is 973 g/mol. The van der Waals surface area contributed by atoms with E-state index in [1.54, 1.807) is 0 Å². The van der Waals surface area contributed by atoms with Crippen LogP contribution < -0.4 is 0 Å². The molecule has 458 valence electrons. The summed E-state index contributed by atoms with van der Waals surface area (Å²) in [5, 5.41) is 0. The smallest absolute Gasteiger partial charge is 0.306 e. The number of carbonyl (C=O) groups excluding carboxylic acids is 3. The van der Waals surface area contributed by atoms with E-state index in [-0.39, 0.29) is 31.1 Å². The molecule has 6 nitrogen and oxygen atoms in total. The maximum Gasteiger partial charge on any atom is 0.306 e. The molecule has 0 aromatic carbocycles. The van der Waals surface area contributed by atoms with Gasteiger partial charge < -0.3 is 14.2 Å². The van der Waals surface area contributed by atoms with Gasteiger partial charge in [-0.3, -0.25) is 14.4 Å². The Kier molecular flexibility index (Phi) is 64.7. The first-order valence-corrected chi connectivity index (χ1v) is 34.4. The van der Waals surface area contributed by atoms with Crippen LogP contribution in [-0.4, -0.2) is 37.2 Å². The van der Waals surface area contributed by atoms with Crippen LogP contribution in [0.4, 0.5) is 0 Å². The minimum Gasteiger partial charge on any atom is -0.462 e. The minimum atomic E-state index is -0.778. The molecule has 0 aliphatic carbocycles. The maximum atomic E-state index is 12.9. The maximum absolute atomic E-state index is 12.9. The predicted molar refractivity (Wildman–Crippen MR) is 344 cm³/mol. The lowest BCUT2D eigenvalue weighted by atomic mass is 10.0. The van der Waals surface area contributed by atoms with E-state index in [4.69, 9.17) is 14.2 Å². The highest BCUT2D eigenvalue weighted by Gasteiger charge is 2.19. The molecule has 0 saturated carbocycles. The molecule has 0 aliphatic heterocycles. The summed E-state index contributed by atoms with van der Waals surface area (Å²) in [4.78, 5) is 38.4. The van der Waals surface area contributed by atoms with Crippen LogP contribution in [0.25, 0.3) is 0 Å². The first-order valence-electron chi connectivity index (χ1n) is 34.4. The van der Waals surface area contributed by atoms with Gasteiger partial charge in [-0.15, -0.1) is 0 Å². The highest BCUT2D eigenvalue weighted by atomic mass is 16.6. The molecule has 0 aromatic heterocycles. The van der Waals surface area contributed by atoms with Gasteiger partial charge in [0.1, 0.15) is 13.2 Å². The molecule has 0 amide bonds. The normalized spacial score (nSPS) is 12.5. The second-order valence-electron chi connectivity index (χ2n) is 23.1. The van der Waals surface area contributed by atoms with Gasteiger partial charge in [-0.1, -0.05) is 318 Å². The van der Waals surface area contributed by atoms with E-state index in [0.717, 1.165) is 89.9 Å². The summed E-state index contributed by atoms with van der Waals surface area (Å²) in [5.74, 6) is -0.859. The average molecular weight is 1100 g/mol. The Morgan fingerprint density at radius 2 is 0.494 bits per heavy atom. The molecule has 0 N–H and O–H groups in total. The van der Waals surface area contributed by atoms with Gasteiger partial charge in [0.15, 0.2) is 6.10 Å². The van der Waals surface area contributed by atoms with Crippen LogP contribution in [0.3, 0.4) is 0 Å². The second-order valence-corrected chi connectivity index (χ2v) is 23.1. The fourth-order valence-corrected chi connectivity index (χ4v) is 10.1. The van der Waals surface area contributed by atoms with Crippen LogP contribution in [0.2, 0.25) is 0 Å². The summed E-state index contributed by atoms with van der Waals surface area (Å²) in [6.07, 6.45) is 87.7. The van der Waals surface area contributed by atoms with Crippen molar-refractivity contribution in [1.29, 1.82) is 0 Å². The summed E-state index contributed by atoms with van der Waals surface area (Å²) >= 11 is 0. The van der Waals surface area contributed by atoms with E-state index in [0.29, 0.717) is 19.3 Å². The molecule has 0 aromatic rings.